The Balaban J connectivity index is 1.65. The van der Waals surface area contributed by atoms with Crippen LogP contribution >= 0.6 is 11.3 Å². The van der Waals surface area contributed by atoms with E-state index in [-0.39, 0.29) is 0 Å². The molecule has 0 radical (unpaired) electrons. The molecule has 5 rings (SSSR count). The SMILES string of the molecule is c1ccc2c(Nc3ccc4[nH]ccc4c3)nc(-c3cncs3)nc2c1. The van der Waals surface area contributed by atoms with Crippen LogP contribution < -0.4 is 5.32 Å². The average Bonchev–Trinajstić information content (AvgIpc) is 3.33. The molecule has 3 heterocycles. The molecule has 120 valence electrons. The minimum absolute atomic E-state index is 0.687. The predicted molar refractivity (Wildman–Crippen MR) is 102 cm³/mol. The van der Waals surface area contributed by atoms with E-state index in [1.165, 1.54) is 11.3 Å². The summed E-state index contributed by atoms with van der Waals surface area (Å²) in [6.07, 6.45) is 3.74. The summed E-state index contributed by atoms with van der Waals surface area (Å²) in [6, 6.07) is 16.3. The van der Waals surface area contributed by atoms with Gasteiger partial charge in [-0.05, 0) is 36.4 Å². The van der Waals surface area contributed by atoms with Gasteiger partial charge in [0.15, 0.2) is 5.82 Å². The van der Waals surface area contributed by atoms with Gasteiger partial charge >= 0.3 is 0 Å². The highest BCUT2D eigenvalue weighted by molar-refractivity contribution is 7.13. The van der Waals surface area contributed by atoms with Crippen molar-refractivity contribution in [2.24, 2.45) is 0 Å². The maximum atomic E-state index is 4.75. The number of anilines is 2. The average molecular weight is 343 g/mol. The number of nitrogens with one attached hydrogen (secondary N) is 2. The summed E-state index contributed by atoms with van der Waals surface area (Å²) in [6.45, 7) is 0. The van der Waals surface area contributed by atoms with Crippen LogP contribution in [-0.2, 0) is 0 Å². The van der Waals surface area contributed by atoms with Gasteiger partial charge in [0.1, 0.15) is 5.82 Å². The molecule has 6 heteroatoms. The molecule has 0 saturated carbocycles. The van der Waals surface area contributed by atoms with Gasteiger partial charge < -0.3 is 10.3 Å². The Bertz CT molecular complexity index is 1180. The number of fused-ring (bicyclic) bond motifs is 2. The minimum atomic E-state index is 0.687. The van der Waals surface area contributed by atoms with Crippen LogP contribution in [-0.4, -0.2) is 19.9 Å². The molecule has 3 aromatic heterocycles. The molecule has 0 saturated heterocycles. The van der Waals surface area contributed by atoms with Crippen LogP contribution in [0.15, 0.2) is 66.4 Å². The molecule has 5 nitrogen and oxygen atoms in total. The van der Waals surface area contributed by atoms with Crippen molar-refractivity contribution in [1.29, 1.82) is 0 Å². The molecule has 25 heavy (non-hydrogen) atoms. The highest BCUT2D eigenvalue weighted by atomic mass is 32.1. The first-order valence-electron chi connectivity index (χ1n) is 7.87. The number of hydrogen-bond donors (Lipinski definition) is 2. The standard InChI is InChI=1S/C19H13N5S/c1-2-4-16-14(3-1)18(24-19(23-16)17-10-20-11-25-17)22-13-5-6-15-12(9-13)7-8-21-15/h1-11,21H,(H,22,23,24). The van der Waals surface area contributed by atoms with Crippen LogP contribution in [0.1, 0.15) is 0 Å². The Morgan fingerprint density at radius 3 is 2.88 bits per heavy atom. The molecule has 5 aromatic rings. The number of rotatable bonds is 3. The van der Waals surface area contributed by atoms with Gasteiger partial charge in [-0.2, -0.15) is 0 Å². The second-order valence-electron chi connectivity index (χ2n) is 5.68. The maximum Gasteiger partial charge on any atom is 0.173 e. The largest absolute Gasteiger partial charge is 0.361 e. The molecule has 0 aliphatic carbocycles. The van der Waals surface area contributed by atoms with E-state index in [9.17, 15) is 0 Å². The molecule has 0 aliphatic rings. The molecule has 0 atom stereocenters. The van der Waals surface area contributed by atoms with Gasteiger partial charge in [-0.1, -0.05) is 12.1 Å². The third-order valence-electron chi connectivity index (χ3n) is 4.07. The summed E-state index contributed by atoms with van der Waals surface area (Å²) in [7, 11) is 0. The summed E-state index contributed by atoms with van der Waals surface area (Å²) in [5.41, 5.74) is 4.81. The van der Waals surface area contributed by atoms with Crippen molar-refractivity contribution in [2.75, 3.05) is 5.32 Å². The molecule has 2 N–H and O–H groups in total. The van der Waals surface area contributed by atoms with Crippen molar-refractivity contribution in [3.8, 4) is 10.7 Å². The molecule has 0 spiro atoms. The molecule has 0 bridgehead atoms. The number of thiazole rings is 1. The number of hydrogen-bond acceptors (Lipinski definition) is 5. The van der Waals surface area contributed by atoms with Crippen molar-refractivity contribution in [3.63, 3.8) is 0 Å². The monoisotopic (exact) mass is 343 g/mol. The Hall–Kier alpha value is -3.25. The van der Waals surface area contributed by atoms with E-state index in [1.54, 1.807) is 11.7 Å². The van der Waals surface area contributed by atoms with Crippen LogP contribution in [0.5, 0.6) is 0 Å². The van der Waals surface area contributed by atoms with Crippen molar-refractivity contribution in [2.45, 2.75) is 0 Å². The van der Waals surface area contributed by atoms with E-state index in [0.717, 1.165) is 38.2 Å². The van der Waals surface area contributed by atoms with Gasteiger partial charge in [0.25, 0.3) is 0 Å². The van der Waals surface area contributed by atoms with E-state index in [2.05, 4.69) is 38.5 Å². The molecular weight excluding hydrogens is 330 g/mol. The summed E-state index contributed by atoms with van der Waals surface area (Å²) >= 11 is 1.53. The van der Waals surface area contributed by atoms with Gasteiger partial charge in [-0.3, -0.25) is 4.98 Å². The molecule has 0 fully saturated rings. The maximum absolute atomic E-state index is 4.75. The van der Waals surface area contributed by atoms with Gasteiger partial charge in [0, 0.05) is 34.4 Å². The highest BCUT2D eigenvalue weighted by Gasteiger charge is 2.11. The third kappa shape index (κ3) is 2.53. The van der Waals surface area contributed by atoms with E-state index >= 15 is 0 Å². The molecule has 0 aliphatic heterocycles. The first kappa shape index (κ1) is 14.1. The van der Waals surface area contributed by atoms with Crippen molar-refractivity contribution in [3.05, 3.63) is 66.4 Å². The number of para-hydroxylation sites is 1. The first-order valence-corrected chi connectivity index (χ1v) is 8.75. The Morgan fingerprint density at radius 2 is 1.96 bits per heavy atom. The quantitative estimate of drug-likeness (QED) is 0.485. The van der Waals surface area contributed by atoms with E-state index < -0.39 is 0 Å². The topological polar surface area (TPSA) is 66.5 Å². The number of aromatic nitrogens is 4. The van der Waals surface area contributed by atoms with Crippen molar-refractivity contribution >= 4 is 44.6 Å². The number of H-pyrrole nitrogens is 1. The van der Waals surface area contributed by atoms with Gasteiger partial charge in [0.05, 0.1) is 15.9 Å². The number of benzene rings is 2. The highest BCUT2D eigenvalue weighted by Crippen LogP contribution is 2.29. The third-order valence-corrected chi connectivity index (χ3v) is 4.84. The van der Waals surface area contributed by atoms with Gasteiger partial charge in [-0.25, -0.2) is 9.97 Å². The molecular formula is C19H13N5S. The van der Waals surface area contributed by atoms with E-state index in [1.807, 2.05) is 36.5 Å². The number of aromatic amines is 1. The zero-order valence-electron chi connectivity index (χ0n) is 13.1. The van der Waals surface area contributed by atoms with Crippen LogP contribution in [0.2, 0.25) is 0 Å². The summed E-state index contributed by atoms with van der Waals surface area (Å²) in [4.78, 5) is 17.7. The fourth-order valence-electron chi connectivity index (χ4n) is 2.88. The smallest absolute Gasteiger partial charge is 0.173 e. The second-order valence-corrected chi connectivity index (χ2v) is 6.57. The van der Waals surface area contributed by atoms with Crippen LogP contribution in [0.4, 0.5) is 11.5 Å². The fraction of sp³-hybridized carbons (Fsp3) is 0. The zero-order chi connectivity index (χ0) is 16.6. The lowest BCUT2D eigenvalue weighted by Crippen LogP contribution is -1.98. The minimum Gasteiger partial charge on any atom is -0.361 e. The first-order chi connectivity index (χ1) is 12.4. The lowest BCUT2D eigenvalue weighted by Gasteiger charge is -2.10. The van der Waals surface area contributed by atoms with E-state index in [4.69, 9.17) is 4.98 Å². The Morgan fingerprint density at radius 1 is 1.00 bits per heavy atom. The lowest BCUT2D eigenvalue weighted by atomic mass is 10.2. The number of nitrogens with zero attached hydrogens (tertiary/aromatic N) is 3. The molecule has 2 aromatic carbocycles. The zero-order valence-corrected chi connectivity index (χ0v) is 13.9. The fourth-order valence-corrected chi connectivity index (χ4v) is 3.43. The Kier molecular flexibility index (Phi) is 3.21. The lowest BCUT2D eigenvalue weighted by molar-refractivity contribution is 1.23. The van der Waals surface area contributed by atoms with Gasteiger partial charge in [-0.15, -0.1) is 11.3 Å². The van der Waals surface area contributed by atoms with Crippen LogP contribution in [0.25, 0.3) is 32.5 Å². The summed E-state index contributed by atoms with van der Waals surface area (Å²) < 4.78 is 0. The summed E-state index contributed by atoms with van der Waals surface area (Å²) in [5.74, 6) is 1.48. The van der Waals surface area contributed by atoms with Crippen molar-refractivity contribution in [1.82, 2.24) is 19.9 Å². The van der Waals surface area contributed by atoms with Gasteiger partial charge in [0.2, 0.25) is 0 Å². The Labute approximate surface area is 147 Å². The van der Waals surface area contributed by atoms with Crippen LogP contribution in [0.3, 0.4) is 0 Å². The second kappa shape index (κ2) is 5.68. The van der Waals surface area contributed by atoms with Crippen molar-refractivity contribution < 1.29 is 0 Å². The molecule has 0 unspecified atom stereocenters. The molecule has 0 amide bonds. The predicted octanol–water partition coefficient (Wildman–Crippen LogP) is 4.98. The normalized spacial score (nSPS) is 11.2. The van der Waals surface area contributed by atoms with E-state index in [0.29, 0.717) is 5.82 Å². The summed E-state index contributed by atoms with van der Waals surface area (Å²) in [5, 5.41) is 5.60. The van der Waals surface area contributed by atoms with Crippen LogP contribution in [0, 0.1) is 0 Å².